The summed E-state index contributed by atoms with van der Waals surface area (Å²) in [6, 6.07) is 4.49. The fraction of sp³-hybridized carbons (Fsp3) is 0.455. The van der Waals surface area contributed by atoms with E-state index in [1.807, 2.05) is 0 Å². The number of hydrogen-bond donors (Lipinski definition) is 1. The molecule has 0 aliphatic rings. The van der Waals surface area contributed by atoms with Gasteiger partial charge in [-0.05, 0) is 19.9 Å². The third-order valence-electron chi connectivity index (χ3n) is 2.35. The van der Waals surface area contributed by atoms with E-state index in [1.165, 1.54) is 12.1 Å². The van der Waals surface area contributed by atoms with E-state index in [1.54, 1.807) is 19.9 Å². The largest absolute Gasteiger partial charge is 0.393 e. The van der Waals surface area contributed by atoms with Gasteiger partial charge in [-0.25, -0.2) is 0 Å². The second-order valence-corrected chi connectivity index (χ2v) is 5.77. The predicted octanol–water partition coefficient (Wildman–Crippen LogP) is 2.94. The molecule has 1 aromatic rings. The Morgan fingerprint density at radius 2 is 1.89 bits per heavy atom. The molecule has 106 valence electrons. The van der Waals surface area contributed by atoms with Gasteiger partial charge in [-0.3, -0.25) is 14.7 Å². The monoisotopic (exact) mass is 288 g/mol. The highest BCUT2D eigenvalue weighted by Gasteiger charge is 2.29. The van der Waals surface area contributed by atoms with Crippen LogP contribution in [0.15, 0.2) is 18.2 Å². The van der Waals surface area contributed by atoms with E-state index < -0.39 is 12.5 Å². The highest BCUT2D eigenvalue weighted by atomic mass is 31.2. The van der Waals surface area contributed by atoms with Gasteiger partial charge < -0.3 is 14.8 Å². The zero-order chi connectivity index (χ0) is 14.5. The number of nitro groups is 1. The topological polar surface area (TPSA) is 105 Å². The molecule has 0 aliphatic heterocycles. The molecule has 0 saturated carbocycles. The summed E-state index contributed by atoms with van der Waals surface area (Å²) in [5.74, 6) is 0. The molecule has 0 saturated heterocycles. The van der Waals surface area contributed by atoms with E-state index in [-0.39, 0.29) is 36.3 Å². The molecule has 1 aromatic carbocycles. The third-order valence-corrected chi connectivity index (χ3v) is 4.38. The zero-order valence-electron chi connectivity index (χ0n) is 10.9. The van der Waals surface area contributed by atoms with Crippen molar-refractivity contribution in [1.82, 2.24) is 0 Å². The average molecular weight is 288 g/mol. The van der Waals surface area contributed by atoms with Gasteiger partial charge in [-0.2, -0.15) is 0 Å². The number of nitrogens with two attached hydrogens (primary N) is 1. The van der Waals surface area contributed by atoms with Crippen molar-refractivity contribution in [3.05, 3.63) is 33.9 Å². The van der Waals surface area contributed by atoms with E-state index in [4.69, 9.17) is 14.8 Å². The van der Waals surface area contributed by atoms with Crippen molar-refractivity contribution in [2.24, 2.45) is 0 Å². The second-order valence-electron chi connectivity index (χ2n) is 3.72. The Labute approximate surface area is 111 Å². The lowest BCUT2D eigenvalue weighted by atomic mass is 10.2. The average Bonchev–Trinajstić information content (AvgIpc) is 2.28. The minimum absolute atomic E-state index is 0.0297. The molecule has 0 bridgehead atoms. The maximum atomic E-state index is 12.4. The van der Waals surface area contributed by atoms with E-state index in [9.17, 15) is 14.7 Å². The molecular weight excluding hydrogens is 271 g/mol. The highest BCUT2D eigenvalue weighted by Crippen LogP contribution is 2.52. The van der Waals surface area contributed by atoms with Crippen molar-refractivity contribution < 1.29 is 18.5 Å². The van der Waals surface area contributed by atoms with Crippen LogP contribution in [0.2, 0.25) is 0 Å². The van der Waals surface area contributed by atoms with Gasteiger partial charge in [0.25, 0.3) is 5.69 Å². The maximum Gasteiger partial charge on any atom is 0.335 e. The summed E-state index contributed by atoms with van der Waals surface area (Å²) in [6.07, 6.45) is -0.171. The van der Waals surface area contributed by atoms with Crippen LogP contribution in [0.5, 0.6) is 0 Å². The lowest BCUT2D eigenvalue weighted by Crippen LogP contribution is -2.04. The molecule has 0 unspecified atom stereocenters. The number of hydrogen-bond acceptors (Lipinski definition) is 6. The lowest BCUT2D eigenvalue weighted by molar-refractivity contribution is -0.384. The molecule has 0 radical (unpaired) electrons. The van der Waals surface area contributed by atoms with Crippen molar-refractivity contribution in [3.63, 3.8) is 0 Å². The molecule has 0 heterocycles. The quantitative estimate of drug-likeness (QED) is 0.358. The van der Waals surface area contributed by atoms with Crippen LogP contribution in [0.4, 0.5) is 11.4 Å². The normalized spacial score (nSPS) is 11.5. The first kappa shape index (κ1) is 15.6. The smallest absolute Gasteiger partial charge is 0.335 e. The molecule has 19 heavy (non-hydrogen) atoms. The van der Waals surface area contributed by atoms with Crippen LogP contribution in [0, 0.1) is 10.1 Å². The van der Waals surface area contributed by atoms with Gasteiger partial charge in [0.15, 0.2) is 0 Å². The summed E-state index contributed by atoms with van der Waals surface area (Å²) in [5, 5.41) is 11.0. The van der Waals surface area contributed by atoms with Gasteiger partial charge >= 0.3 is 7.60 Å². The first-order chi connectivity index (χ1) is 8.93. The van der Waals surface area contributed by atoms with Crippen molar-refractivity contribution in [2.45, 2.75) is 20.0 Å². The van der Waals surface area contributed by atoms with E-state index >= 15 is 0 Å². The van der Waals surface area contributed by atoms with Gasteiger partial charge in [-0.15, -0.1) is 0 Å². The lowest BCUT2D eigenvalue weighted by Gasteiger charge is -2.17. The second kappa shape index (κ2) is 6.65. The van der Waals surface area contributed by atoms with Crippen LogP contribution < -0.4 is 5.73 Å². The summed E-state index contributed by atoms with van der Waals surface area (Å²) in [5.41, 5.74) is 5.60. The van der Waals surface area contributed by atoms with Crippen molar-refractivity contribution in [3.8, 4) is 0 Å². The summed E-state index contributed by atoms with van der Waals surface area (Å²) in [4.78, 5) is 10.4. The van der Waals surface area contributed by atoms with Gasteiger partial charge in [-0.1, -0.05) is 12.1 Å². The van der Waals surface area contributed by atoms with Gasteiger partial charge in [0.05, 0.1) is 24.3 Å². The van der Waals surface area contributed by atoms with E-state index in [2.05, 4.69) is 0 Å². The number of para-hydroxylation sites is 1. The van der Waals surface area contributed by atoms with Crippen LogP contribution in [-0.4, -0.2) is 18.1 Å². The van der Waals surface area contributed by atoms with Crippen LogP contribution in [0.1, 0.15) is 19.4 Å². The standard InChI is InChI=1S/C11H17N2O5P/c1-3-17-19(16,18-4-2)8-9-6-5-7-10(12)11(9)13(14)15/h5-7H,3-4,8,12H2,1-2H3. The molecular formula is C11H17N2O5P. The Balaban J connectivity index is 3.13. The SMILES string of the molecule is CCOP(=O)(Cc1cccc(N)c1[N+](=O)[O-])OCC. The Morgan fingerprint density at radius 1 is 1.32 bits per heavy atom. The Morgan fingerprint density at radius 3 is 2.37 bits per heavy atom. The summed E-state index contributed by atoms with van der Waals surface area (Å²) < 4.78 is 22.6. The molecule has 0 atom stereocenters. The van der Waals surface area contributed by atoms with Crippen LogP contribution in [0.3, 0.4) is 0 Å². The number of nitro benzene ring substituents is 1. The fourth-order valence-electron chi connectivity index (χ4n) is 1.69. The first-order valence-corrected chi connectivity index (χ1v) is 7.56. The number of nitrogen functional groups attached to an aromatic ring is 1. The Bertz CT molecular complexity index is 496. The Kier molecular flexibility index (Phi) is 5.47. The molecule has 0 fully saturated rings. The number of rotatable bonds is 7. The third kappa shape index (κ3) is 4.02. The molecule has 0 aromatic heterocycles. The van der Waals surface area contributed by atoms with E-state index in [0.29, 0.717) is 0 Å². The highest BCUT2D eigenvalue weighted by molar-refractivity contribution is 7.53. The minimum Gasteiger partial charge on any atom is -0.393 e. The number of anilines is 1. The van der Waals surface area contributed by atoms with Crippen molar-refractivity contribution in [1.29, 1.82) is 0 Å². The number of nitrogens with zero attached hydrogens (tertiary/aromatic N) is 1. The van der Waals surface area contributed by atoms with E-state index in [0.717, 1.165) is 0 Å². The zero-order valence-corrected chi connectivity index (χ0v) is 11.8. The van der Waals surface area contributed by atoms with Crippen molar-refractivity contribution in [2.75, 3.05) is 18.9 Å². The van der Waals surface area contributed by atoms with Crippen LogP contribution >= 0.6 is 7.60 Å². The molecule has 0 amide bonds. The number of benzene rings is 1. The summed E-state index contributed by atoms with van der Waals surface area (Å²) in [6.45, 7) is 3.76. The molecule has 2 N–H and O–H groups in total. The maximum absolute atomic E-state index is 12.4. The van der Waals surface area contributed by atoms with Gasteiger partial charge in [0.1, 0.15) is 5.69 Å². The molecule has 0 aliphatic carbocycles. The molecule has 1 rings (SSSR count). The first-order valence-electron chi connectivity index (χ1n) is 5.83. The van der Waals surface area contributed by atoms with Gasteiger partial charge in [0, 0.05) is 5.56 Å². The molecule has 0 spiro atoms. The Hall–Kier alpha value is -1.43. The summed E-state index contributed by atoms with van der Waals surface area (Å²) in [7, 11) is -3.39. The fourth-order valence-corrected chi connectivity index (χ4v) is 3.41. The summed E-state index contributed by atoms with van der Waals surface area (Å²) >= 11 is 0. The molecule has 7 nitrogen and oxygen atoms in total. The van der Waals surface area contributed by atoms with Crippen LogP contribution in [-0.2, 0) is 19.8 Å². The predicted molar refractivity (Wildman–Crippen MR) is 72.1 cm³/mol. The molecule has 8 heteroatoms. The van der Waals surface area contributed by atoms with Crippen LogP contribution in [0.25, 0.3) is 0 Å². The van der Waals surface area contributed by atoms with Gasteiger partial charge in [0.2, 0.25) is 0 Å². The van der Waals surface area contributed by atoms with Crippen molar-refractivity contribution >= 4 is 19.0 Å². The minimum atomic E-state index is -3.39.